The van der Waals surface area contributed by atoms with Crippen molar-refractivity contribution in [3.63, 3.8) is 0 Å². The minimum absolute atomic E-state index is 0.286. The van der Waals surface area contributed by atoms with Crippen LogP contribution in [0.1, 0.15) is 27.2 Å². The number of rotatable bonds is 6. The van der Waals surface area contributed by atoms with Gasteiger partial charge in [-0.3, -0.25) is 0 Å². The average Bonchev–Trinajstić information content (AvgIpc) is 2.17. The first-order valence-corrected chi connectivity index (χ1v) is 5.93. The molecule has 0 saturated heterocycles. The summed E-state index contributed by atoms with van der Waals surface area (Å²) in [6.45, 7) is 9.00. The van der Waals surface area contributed by atoms with Crippen molar-refractivity contribution in [2.75, 3.05) is 27.2 Å². The smallest absolute Gasteiger partial charge is 0.0652 e. The summed E-state index contributed by atoms with van der Waals surface area (Å²) < 4.78 is 5.43. The van der Waals surface area contributed by atoms with Gasteiger partial charge in [-0.1, -0.05) is 20.8 Å². The van der Waals surface area contributed by atoms with Crippen LogP contribution in [-0.4, -0.2) is 39.4 Å². The number of hydrogen-bond donors (Lipinski definition) is 2. The normalized spacial score (nSPS) is 31.0. The van der Waals surface area contributed by atoms with E-state index in [-0.39, 0.29) is 5.41 Å². The van der Waals surface area contributed by atoms with Gasteiger partial charge in [-0.05, 0) is 32.5 Å². The maximum atomic E-state index is 5.43. The molecule has 3 heteroatoms. The van der Waals surface area contributed by atoms with Crippen molar-refractivity contribution in [2.24, 2.45) is 11.3 Å². The lowest BCUT2D eigenvalue weighted by Crippen LogP contribution is -2.61. The monoisotopic (exact) mass is 214 g/mol. The summed E-state index contributed by atoms with van der Waals surface area (Å²) in [7, 11) is 3.82. The second-order valence-electron chi connectivity index (χ2n) is 5.41. The molecule has 90 valence electrons. The van der Waals surface area contributed by atoms with E-state index < -0.39 is 0 Å². The van der Waals surface area contributed by atoms with E-state index in [1.807, 2.05) is 14.2 Å². The van der Waals surface area contributed by atoms with Crippen LogP contribution in [0.4, 0.5) is 0 Å². The van der Waals surface area contributed by atoms with Crippen LogP contribution in [0.5, 0.6) is 0 Å². The van der Waals surface area contributed by atoms with Crippen LogP contribution in [-0.2, 0) is 4.74 Å². The molecular formula is C12H26N2O. The zero-order valence-corrected chi connectivity index (χ0v) is 10.8. The van der Waals surface area contributed by atoms with Crippen molar-refractivity contribution in [1.82, 2.24) is 10.6 Å². The summed E-state index contributed by atoms with van der Waals surface area (Å²) in [6.07, 6.45) is 1.57. The highest BCUT2D eigenvalue weighted by Gasteiger charge is 2.48. The molecule has 1 rings (SSSR count). The molecule has 0 amide bonds. The summed E-state index contributed by atoms with van der Waals surface area (Å²) in [4.78, 5) is 0. The maximum absolute atomic E-state index is 5.43. The van der Waals surface area contributed by atoms with Crippen LogP contribution in [0.2, 0.25) is 0 Å². The zero-order chi connectivity index (χ0) is 11.5. The van der Waals surface area contributed by atoms with Gasteiger partial charge < -0.3 is 15.4 Å². The molecule has 0 aromatic carbocycles. The molecule has 3 unspecified atom stereocenters. The molecule has 3 nitrogen and oxygen atoms in total. The van der Waals surface area contributed by atoms with Gasteiger partial charge in [0.25, 0.3) is 0 Å². The quantitative estimate of drug-likeness (QED) is 0.698. The van der Waals surface area contributed by atoms with E-state index in [2.05, 4.69) is 31.4 Å². The lowest BCUT2D eigenvalue weighted by molar-refractivity contribution is -0.0979. The molecule has 0 aromatic heterocycles. The molecule has 1 aliphatic carbocycles. The first-order valence-electron chi connectivity index (χ1n) is 5.93. The Morgan fingerprint density at radius 1 is 1.40 bits per heavy atom. The van der Waals surface area contributed by atoms with E-state index >= 15 is 0 Å². The molecule has 0 aromatic rings. The third-order valence-corrected chi connectivity index (χ3v) is 3.73. The van der Waals surface area contributed by atoms with Gasteiger partial charge >= 0.3 is 0 Å². The Bertz CT molecular complexity index is 194. The largest absolute Gasteiger partial charge is 0.381 e. The van der Waals surface area contributed by atoms with E-state index in [0.29, 0.717) is 18.1 Å². The summed E-state index contributed by atoms with van der Waals surface area (Å²) in [6, 6.07) is 0.613. The van der Waals surface area contributed by atoms with Crippen molar-refractivity contribution >= 4 is 0 Å². The Labute approximate surface area is 94.0 Å². The Hall–Kier alpha value is -0.120. The third-order valence-electron chi connectivity index (χ3n) is 3.73. The number of hydrogen-bond acceptors (Lipinski definition) is 3. The fourth-order valence-corrected chi connectivity index (χ4v) is 2.40. The maximum Gasteiger partial charge on any atom is 0.0652 e. The fraction of sp³-hybridized carbons (Fsp3) is 1.00. The first kappa shape index (κ1) is 12.9. The summed E-state index contributed by atoms with van der Waals surface area (Å²) in [5.74, 6) is 0.687. The van der Waals surface area contributed by atoms with Crippen molar-refractivity contribution in [1.29, 1.82) is 0 Å². The van der Waals surface area contributed by atoms with Gasteiger partial charge in [-0.15, -0.1) is 0 Å². The molecule has 1 aliphatic rings. The minimum Gasteiger partial charge on any atom is -0.381 e. The molecule has 1 saturated carbocycles. The van der Waals surface area contributed by atoms with Gasteiger partial charge in [0.05, 0.1) is 6.10 Å². The summed E-state index contributed by atoms with van der Waals surface area (Å²) >= 11 is 0. The molecule has 0 radical (unpaired) electrons. The van der Waals surface area contributed by atoms with Crippen molar-refractivity contribution in [3.8, 4) is 0 Å². The molecule has 0 heterocycles. The molecule has 1 fully saturated rings. The van der Waals surface area contributed by atoms with E-state index in [1.54, 1.807) is 0 Å². The predicted octanol–water partition coefficient (Wildman–Crippen LogP) is 1.24. The number of ether oxygens (including phenoxy) is 1. The van der Waals surface area contributed by atoms with Gasteiger partial charge in [-0.2, -0.15) is 0 Å². The van der Waals surface area contributed by atoms with Gasteiger partial charge in [0.1, 0.15) is 0 Å². The van der Waals surface area contributed by atoms with Crippen LogP contribution in [0.3, 0.4) is 0 Å². The summed E-state index contributed by atoms with van der Waals surface area (Å²) in [5.41, 5.74) is 0.286. The molecular weight excluding hydrogens is 188 g/mol. The standard InChI is InChI=1S/C12H26N2O/c1-9(7-13-4)8-14-10-6-11(15-5)12(10,2)3/h9-11,13-14H,6-8H2,1-5H3. The van der Waals surface area contributed by atoms with E-state index in [4.69, 9.17) is 4.74 Å². The van der Waals surface area contributed by atoms with Crippen molar-refractivity contribution < 1.29 is 4.74 Å². The molecule has 2 N–H and O–H groups in total. The van der Waals surface area contributed by atoms with E-state index in [0.717, 1.165) is 19.5 Å². The highest BCUT2D eigenvalue weighted by molar-refractivity contribution is 5.02. The average molecular weight is 214 g/mol. The molecule has 15 heavy (non-hydrogen) atoms. The molecule has 0 bridgehead atoms. The Balaban J connectivity index is 2.24. The SMILES string of the molecule is CNCC(C)CNC1CC(OC)C1(C)C. The summed E-state index contributed by atoms with van der Waals surface area (Å²) in [5, 5.41) is 6.84. The molecule has 3 atom stereocenters. The highest BCUT2D eigenvalue weighted by atomic mass is 16.5. The van der Waals surface area contributed by atoms with Crippen molar-refractivity contribution in [3.05, 3.63) is 0 Å². The first-order chi connectivity index (χ1) is 7.02. The predicted molar refractivity (Wildman–Crippen MR) is 64.1 cm³/mol. The topological polar surface area (TPSA) is 33.3 Å². The van der Waals surface area contributed by atoms with Gasteiger partial charge in [0.15, 0.2) is 0 Å². The highest BCUT2D eigenvalue weighted by Crippen LogP contribution is 2.42. The fourth-order valence-electron chi connectivity index (χ4n) is 2.40. The van der Waals surface area contributed by atoms with Crippen LogP contribution in [0, 0.1) is 11.3 Å². The second kappa shape index (κ2) is 5.28. The van der Waals surface area contributed by atoms with Crippen LogP contribution in [0.15, 0.2) is 0 Å². The van der Waals surface area contributed by atoms with Crippen LogP contribution < -0.4 is 10.6 Å². The third kappa shape index (κ3) is 2.92. The van der Waals surface area contributed by atoms with Crippen molar-refractivity contribution in [2.45, 2.75) is 39.3 Å². The van der Waals surface area contributed by atoms with E-state index in [1.165, 1.54) is 0 Å². The van der Waals surface area contributed by atoms with Gasteiger partial charge in [0, 0.05) is 18.6 Å². The van der Waals surface area contributed by atoms with E-state index in [9.17, 15) is 0 Å². The Morgan fingerprint density at radius 3 is 2.53 bits per heavy atom. The molecule has 0 spiro atoms. The number of methoxy groups -OCH3 is 1. The Kier molecular flexibility index (Phi) is 4.56. The zero-order valence-electron chi connectivity index (χ0n) is 10.8. The minimum atomic E-state index is 0.286. The Morgan fingerprint density at radius 2 is 2.07 bits per heavy atom. The lowest BCUT2D eigenvalue weighted by Gasteiger charge is -2.51. The van der Waals surface area contributed by atoms with Gasteiger partial charge in [-0.25, -0.2) is 0 Å². The molecule has 0 aliphatic heterocycles. The second-order valence-corrected chi connectivity index (χ2v) is 5.41. The number of nitrogens with one attached hydrogen (secondary N) is 2. The lowest BCUT2D eigenvalue weighted by atomic mass is 9.64. The van der Waals surface area contributed by atoms with Gasteiger partial charge in [0.2, 0.25) is 0 Å². The van der Waals surface area contributed by atoms with Crippen LogP contribution >= 0.6 is 0 Å². The van der Waals surface area contributed by atoms with Crippen LogP contribution in [0.25, 0.3) is 0 Å².